The van der Waals surface area contributed by atoms with Crippen LogP contribution in [0.5, 0.6) is 0 Å². The molecular formula is C8H7NO2. The van der Waals surface area contributed by atoms with Crippen LogP contribution in [0.1, 0.15) is 15.9 Å². The quantitative estimate of drug-likeness (QED) is 0.516. The first-order valence-corrected chi connectivity index (χ1v) is 3.44. The maximum absolute atomic E-state index is 11.0. The van der Waals surface area contributed by atoms with Crippen molar-refractivity contribution in [1.82, 2.24) is 0 Å². The van der Waals surface area contributed by atoms with Gasteiger partial charge < -0.3 is 10.3 Å². The van der Waals surface area contributed by atoms with Crippen LogP contribution in [0.4, 0.5) is 0 Å². The third-order valence-electron chi connectivity index (χ3n) is 1.87. The normalized spacial score (nSPS) is 21.9. The maximum Gasteiger partial charge on any atom is 0.344 e. The van der Waals surface area contributed by atoms with E-state index in [-0.39, 0.29) is 17.5 Å². The highest BCUT2D eigenvalue weighted by atomic mass is 16.5. The number of carbonyl (C=O) groups excluding carboxylic acids is 1. The topological polar surface area (TPSA) is 44.6 Å². The second-order valence-corrected chi connectivity index (χ2v) is 2.59. The van der Waals surface area contributed by atoms with Crippen LogP contribution in [-0.2, 0) is 6.54 Å². The number of quaternary nitrogens is 1. The summed E-state index contributed by atoms with van der Waals surface area (Å²) < 4.78 is 0. The molecule has 0 fully saturated rings. The summed E-state index contributed by atoms with van der Waals surface area (Å²) in [5.41, 5.74) is 1.44. The minimum absolute atomic E-state index is 0.286. The van der Waals surface area contributed by atoms with Crippen molar-refractivity contribution in [2.45, 2.75) is 6.54 Å². The largest absolute Gasteiger partial charge is 0.626 e. The summed E-state index contributed by atoms with van der Waals surface area (Å²) in [5, 5.41) is 10.6. The molecule has 1 aliphatic heterocycles. The Morgan fingerprint density at radius 2 is 2.09 bits per heavy atom. The second-order valence-electron chi connectivity index (χ2n) is 2.59. The van der Waals surface area contributed by atoms with E-state index in [9.17, 15) is 10.0 Å². The van der Waals surface area contributed by atoms with Gasteiger partial charge in [0, 0.05) is 5.56 Å². The molecule has 1 unspecified atom stereocenters. The summed E-state index contributed by atoms with van der Waals surface area (Å²) >= 11 is 0. The molecule has 0 spiro atoms. The van der Waals surface area contributed by atoms with Crippen LogP contribution in [0.25, 0.3) is 0 Å². The monoisotopic (exact) mass is 149 g/mol. The number of rotatable bonds is 0. The standard InChI is InChI=1S/C8H7NO2/c10-8-7-4-2-1-3-6(7)5-9(8)11/h1-4,9H,5H2. The molecule has 56 valence electrons. The van der Waals surface area contributed by atoms with E-state index in [2.05, 4.69) is 0 Å². The Bertz CT molecular complexity index is 309. The van der Waals surface area contributed by atoms with E-state index in [1.54, 1.807) is 12.1 Å². The molecule has 2 rings (SSSR count). The molecule has 3 heteroatoms. The van der Waals surface area contributed by atoms with Crippen LogP contribution in [0.3, 0.4) is 0 Å². The zero-order valence-corrected chi connectivity index (χ0v) is 5.83. The minimum Gasteiger partial charge on any atom is -0.626 e. The summed E-state index contributed by atoms with van der Waals surface area (Å²) in [6.45, 7) is 0.287. The van der Waals surface area contributed by atoms with Gasteiger partial charge in [0.2, 0.25) is 0 Å². The molecule has 1 N–H and O–H groups in total. The van der Waals surface area contributed by atoms with Crippen molar-refractivity contribution in [1.29, 1.82) is 0 Å². The van der Waals surface area contributed by atoms with Gasteiger partial charge in [-0.3, -0.25) is 0 Å². The SMILES string of the molecule is O=C1c2ccccc2C[NH+]1[O-]. The van der Waals surface area contributed by atoms with E-state index in [1.807, 2.05) is 12.1 Å². The van der Waals surface area contributed by atoms with Gasteiger partial charge in [-0.15, -0.1) is 0 Å². The predicted octanol–water partition coefficient (Wildman–Crippen LogP) is -0.277. The van der Waals surface area contributed by atoms with Gasteiger partial charge in [0.25, 0.3) is 0 Å². The maximum atomic E-state index is 11.0. The predicted molar refractivity (Wildman–Crippen MR) is 38.8 cm³/mol. The van der Waals surface area contributed by atoms with Crippen LogP contribution in [-0.4, -0.2) is 5.91 Å². The number of nitrogens with one attached hydrogen (secondary N) is 1. The number of hydrogen-bond acceptors (Lipinski definition) is 2. The molecular weight excluding hydrogens is 142 g/mol. The van der Waals surface area contributed by atoms with Crippen molar-refractivity contribution < 1.29 is 9.86 Å². The van der Waals surface area contributed by atoms with Crippen molar-refractivity contribution in [2.75, 3.05) is 0 Å². The third-order valence-corrected chi connectivity index (χ3v) is 1.87. The Balaban J connectivity index is 2.55. The van der Waals surface area contributed by atoms with Crippen LogP contribution < -0.4 is 5.06 Å². The summed E-state index contributed by atoms with van der Waals surface area (Å²) in [5.74, 6) is -0.333. The van der Waals surface area contributed by atoms with Gasteiger partial charge in [-0.25, -0.2) is 4.79 Å². The molecule has 0 aliphatic carbocycles. The minimum atomic E-state index is -0.333. The lowest BCUT2D eigenvalue weighted by Gasteiger charge is -2.09. The fraction of sp³-hybridized carbons (Fsp3) is 0.125. The number of hydrogen-bond donors (Lipinski definition) is 1. The van der Waals surface area contributed by atoms with E-state index in [0.29, 0.717) is 5.56 Å². The van der Waals surface area contributed by atoms with E-state index in [1.165, 1.54) is 0 Å². The zero-order valence-electron chi connectivity index (χ0n) is 5.83. The number of fused-ring (bicyclic) bond motifs is 1. The molecule has 0 saturated carbocycles. The highest BCUT2D eigenvalue weighted by Crippen LogP contribution is 2.10. The molecule has 11 heavy (non-hydrogen) atoms. The average molecular weight is 149 g/mol. The number of carbonyl (C=O) groups is 1. The molecule has 0 radical (unpaired) electrons. The Hall–Kier alpha value is -1.19. The Kier molecular flexibility index (Phi) is 1.27. The molecule has 0 saturated heterocycles. The Morgan fingerprint density at radius 3 is 2.82 bits per heavy atom. The van der Waals surface area contributed by atoms with Crippen molar-refractivity contribution >= 4 is 5.91 Å². The molecule has 1 heterocycles. The first-order valence-electron chi connectivity index (χ1n) is 3.44. The van der Waals surface area contributed by atoms with E-state index < -0.39 is 0 Å². The van der Waals surface area contributed by atoms with E-state index in [0.717, 1.165) is 5.56 Å². The van der Waals surface area contributed by atoms with Crippen molar-refractivity contribution in [3.63, 3.8) is 0 Å². The molecule has 0 bridgehead atoms. The van der Waals surface area contributed by atoms with Gasteiger partial charge in [0.15, 0.2) is 0 Å². The molecule has 1 amide bonds. The van der Waals surface area contributed by atoms with Crippen molar-refractivity contribution in [2.24, 2.45) is 0 Å². The average Bonchev–Trinajstić information content (AvgIpc) is 2.30. The number of benzene rings is 1. The summed E-state index contributed by atoms with van der Waals surface area (Å²) in [6, 6.07) is 7.13. The molecule has 1 aromatic rings. The third kappa shape index (κ3) is 0.859. The van der Waals surface area contributed by atoms with Crippen LogP contribution in [0.2, 0.25) is 0 Å². The van der Waals surface area contributed by atoms with E-state index >= 15 is 0 Å². The second kappa shape index (κ2) is 2.15. The fourth-order valence-electron chi connectivity index (χ4n) is 1.30. The highest BCUT2D eigenvalue weighted by molar-refractivity contribution is 5.91. The van der Waals surface area contributed by atoms with Gasteiger partial charge >= 0.3 is 5.91 Å². The van der Waals surface area contributed by atoms with Gasteiger partial charge in [0.05, 0.1) is 5.56 Å². The fourth-order valence-corrected chi connectivity index (χ4v) is 1.30. The summed E-state index contributed by atoms with van der Waals surface area (Å²) in [6.07, 6.45) is 0. The zero-order chi connectivity index (χ0) is 7.84. The molecule has 1 aromatic carbocycles. The smallest absolute Gasteiger partial charge is 0.344 e. The first-order chi connectivity index (χ1) is 5.29. The molecule has 1 aliphatic rings. The molecule has 0 aromatic heterocycles. The van der Waals surface area contributed by atoms with E-state index in [4.69, 9.17) is 0 Å². The first kappa shape index (κ1) is 6.52. The lowest BCUT2D eigenvalue weighted by atomic mass is 10.1. The molecule has 1 atom stereocenters. The number of amides is 1. The Labute approximate surface area is 63.8 Å². The van der Waals surface area contributed by atoms with Gasteiger partial charge in [0.1, 0.15) is 6.54 Å². The Morgan fingerprint density at radius 1 is 1.36 bits per heavy atom. The lowest BCUT2D eigenvalue weighted by Crippen LogP contribution is -3.06. The van der Waals surface area contributed by atoms with Crippen LogP contribution >= 0.6 is 0 Å². The number of hydroxylamine groups is 2. The van der Waals surface area contributed by atoms with Crippen LogP contribution in [0.15, 0.2) is 24.3 Å². The summed E-state index contributed by atoms with van der Waals surface area (Å²) in [4.78, 5) is 11.0. The van der Waals surface area contributed by atoms with Gasteiger partial charge in [-0.05, 0) is 6.07 Å². The lowest BCUT2D eigenvalue weighted by molar-refractivity contribution is -0.767. The van der Waals surface area contributed by atoms with Crippen molar-refractivity contribution in [3.05, 3.63) is 40.6 Å². The highest BCUT2D eigenvalue weighted by Gasteiger charge is 2.26. The van der Waals surface area contributed by atoms with Gasteiger partial charge in [-0.1, -0.05) is 18.2 Å². The molecule has 3 nitrogen and oxygen atoms in total. The van der Waals surface area contributed by atoms with Crippen LogP contribution in [0, 0.1) is 5.21 Å². The van der Waals surface area contributed by atoms with Crippen molar-refractivity contribution in [3.8, 4) is 0 Å². The van der Waals surface area contributed by atoms with Gasteiger partial charge in [-0.2, -0.15) is 0 Å². The summed E-state index contributed by atoms with van der Waals surface area (Å²) in [7, 11) is 0.